The molecule has 112 valence electrons. The zero-order valence-corrected chi connectivity index (χ0v) is 12.0. The molecule has 2 rings (SSSR count). The summed E-state index contributed by atoms with van der Waals surface area (Å²) in [4.78, 5) is 9.75. The molecule has 1 heterocycles. The number of anilines is 2. The Balaban J connectivity index is 2.49. The Morgan fingerprint density at radius 2 is 2.05 bits per heavy atom. The first-order valence-corrected chi connectivity index (χ1v) is 7.24. The highest BCUT2D eigenvalue weighted by Crippen LogP contribution is 2.28. The van der Waals surface area contributed by atoms with Crippen molar-refractivity contribution in [1.29, 1.82) is 0 Å². The van der Waals surface area contributed by atoms with E-state index in [9.17, 15) is 18.5 Å². The van der Waals surface area contributed by atoms with Gasteiger partial charge in [0.15, 0.2) is 4.90 Å². The maximum absolute atomic E-state index is 12.3. The summed E-state index contributed by atoms with van der Waals surface area (Å²) in [5, 5.41) is 17.2. The van der Waals surface area contributed by atoms with E-state index in [4.69, 9.17) is 4.52 Å². The SMILES string of the molecule is CNc1ccc([N+](=O)[O-])c(S(=O)(=O)Nc2cc(C)no2)c1. The molecule has 0 radical (unpaired) electrons. The van der Waals surface area contributed by atoms with Gasteiger partial charge in [0.1, 0.15) is 0 Å². The molecule has 1 aromatic carbocycles. The number of aryl methyl sites for hydroxylation is 1. The summed E-state index contributed by atoms with van der Waals surface area (Å²) in [7, 11) is -2.60. The predicted octanol–water partition coefficient (Wildman–Crippen LogP) is 1.73. The summed E-state index contributed by atoms with van der Waals surface area (Å²) in [6, 6.07) is 5.07. The third-order valence-electron chi connectivity index (χ3n) is 2.60. The van der Waals surface area contributed by atoms with Gasteiger partial charge in [-0.1, -0.05) is 5.16 Å². The minimum absolute atomic E-state index is 0.114. The minimum atomic E-state index is -4.17. The monoisotopic (exact) mass is 312 g/mol. The molecule has 0 saturated heterocycles. The van der Waals surface area contributed by atoms with Crippen molar-refractivity contribution in [2.24, 2.45) is 0 Å². The summed E-state index contributed by atoms with van der Waals surface area (Å²) in [5.41, 5.74) is 0.374. The highest BCUT2D eigenvalue weighted by molar-refractivity contribution is 7.92. The van der Waals surface area contributed by atoms with Crippen molar-refractivity contribution in [1.82, 2.24) is 5.16 Å². The summed E-state index contributed by atoms with van der Waals surface area (Å²) in [5.74, 6) is -0.114. The van der Waals surface area contributed by atoms with Gasteiger partial charge in [-0.15, -0.1) is 0 Å². The zero-order valence-electron chi connectivity index (χ0n) is 11.2. The summed E-state index contributed by atoms with van der Waals surface area (Å²) >= 11 is 0. The maximum Gasteiger partial charge on any atom is 0.290 e. The molecule has 0 aliphatic rings. The first-order valence-electron chi connectivity index (χ1n) is 5.76. The fraction of sp³-hybridized carbons (Fsp3) is 0.182. The molecule has 21 heavy (non-hydrogen) atoms. The minimum Gasteiger partial charge on any atom is -0.388 e. The van der Waals surface area contributed by atoms with Crippen LogP contribution in [0.15, 0.2) is 33.7 Å². The number of hydrogen-bond acceptors (Lipinski definition) is 7. The number of benzene rings is 1. The Morgan fingerprint density at radius 3 is 2.57 bits per heavy atom. The standard InChI is InChI=1S/C11H12N4O5S/c1-7-5-11(20-13-7)14-21(18,19)10-6-8(12-2)3-4-9(10)15(16)17/h3-6,12,14H,1-2H3. The average molecular weight is 312 g/mol. The van der Waals surface area contributed by atoms with Gasteiger partial charge in [-0.2, -0.15) is 0 Å². The van der Waals surface area contributed by atoms with Crippen LogP contribution >= 0.6 is 0 Å². The average Bonchev–Trinajstić information content (AvgIpc) is 2.82. The van der Waals surface area contributed by atoms with Crippen LogP contribution < -0.4 is 10.0 Å². The Labute approximate surface area is 120 Å². The van der Waals surface area contributed by atoms with E-state index in [1.807, 2.05) is 0 Å². The van der Waals surface area contributed by atoms with Crippen LogP contribution in [0.4, 0.5) is 17.3 Å². The van der Waals surface area contributed by atoms with Crippen molar-refractivity contribution < 1.29 is 17.9 Å². The lowest BCUT2D eigenvalue weighted by Crippen LogP contribution is -2.14. The molecule has 1 aromatic heterocycles. The molecule has 0 saturated carbocycles. The van der Waals surface area contributed by atoms with Gasteiger partial charge in [-0.3, -0.25) is 10.1 Å². The normalized spacial score (nSPS) is 11.1. The van der Waals surface area contributed by atoms with Crippen molar-refractivity contribution in [3.05, 3.63) is 40.1 Å². The summed E-state index contributed by atoms with van der Waals surface area (Å²) in [6.07, 6.45) is 0. The molecule has 0 aliphatic heterocycles. The number of hydrogen-bond donors (Lipinski definition) is 2. The van der Waals surface area contributed by atoms with Crippen molar-refractivity contribution in [3.63, 3.8) is 0 Å². The van der Waals surface area contributed by atoms with Crippen LogP contribution in [0.25, 0.3) is 0 Å². The summed E-state index contributed by atoms with van der Waals surface area (Å²) < 4.78 is 31.4. The molecule has 2 aromatic rings. The number of nitro benzene ring substituents is 1. The Bertz CT molecular complexity index is 784. The molecular formula is C11H12N4O5S. The van der Waals surface area contributed by atoms with E-state index in [2.05, 4.69) is 15.2 Å². The van der Waals surface area contributed by atoms with Gasteiger partial charge >= 0.3 is 0 Å². The van der Waals surface area contributed by atoms with E-state index in [1.165, 1.54) is 18.2 Å². The van der Waals surface area contributed by atoms with E-state index >= 15 is 0 Å². The van der Waals surface area contributed by atoms with Crippen molar-refractivity contribution >= 4 is 27.3 Å². The first-order chi connectivity index (χ1) is 9.83. The van der Waals surface area contributed by atoms with Crippen LogP contribution in [0.1, 0.15) is 5.69 Å². The van der Waals surface area contributed by atoms with Crippen molar-refractivity contribution in [2.45, 2.75) is 11.8 Å². The second kappa shape index (κ2) is 5.40. The molecule has 2 N–H and O–H groups in total. The number of sulfonamides is 1. The number of nitrogens with one attached hydrogen (secondary N) is 2. The molecule has 0 atom stereocenters. The Kier molecular flexibility index (Phi) is 3.80. The smallest absolute Gasteiger partial charge is 0.290 e. The van der Waals surface area contributed by atoms with Crippen LogP contribution in [-0.2, 0) is 10.0 Å². The fourth-order valence-corrected chi connectivity index (χ4v) is 2.81. The number of nitrogens with zero attached hydrogens (tertiary/aromatic N) is 2. The topological polar surface area (TPSA) is 127 Å². The largest absolute Gasteiger partial charge is 0.388 e. The van der Waals surface area contributed by atoms with E-state index in [-0.39, 0.29) is 5.88 Å². The van der Waals surface area contributed by atoms with Gasteiger partial charge in [-0.25, -0.2) is 13.1 Å². The second-order valence-corrected chi connectivity index (χ2v) is 5.78. The van der Waals surface area contributed by atoms with Gasteiger partial charge in [0, 0.05) is 24.9 Å². The number of nitro groups is 1. The van der Waals surface area contributed by atoms with E-state index in [0.717, 1.165) is 6.07 Å². The van der Waals surface area contributed by atoms with E-state index in [1.54, 1.807) is 14.0 Å². The van der Waals surface area contributed by atoms with E-state index in [0.29, 0.717) is 11.4 Å². The fourth-order valence-electron chi connectivity index (χ4n) is 1.63. The number of aromatic nitrogens is 1. The Hall–Kier alpha value is -2.62. The van der Waals surface area contributed by atoms with Crippen LogP contribution in [0.5, 0.6) is 0 Å². The molecular weight excluding hydrogens is 300 g/mol. The lowest BCUT2D eigenvalue weighted by Gasteiger charge is -2.07. The highest BCUT2D eigenvalue weighted by atomic mass is 32.2. The van der Waals surface area contributed by atoms with Crippen LogP contribution in [0.2, 0.25) is 0 Å². The predicted molar refractivity (Wildman–Crippen MR) is 74.7 cm³/mol. The summed E-state index contributed by atoms with van der Waals surface area (Å²) in [6.45, 7) is 1.62. The van der Waals surface area contributed by atoms with Crippen LogP contribution in [-0.4, -0.2) is 25.5 Å². The second-order valence-electron chi connectivity index (χ2n) is 4.13. The van der Waals surface area contributed by atoms with Gasteiger partial charge in [-0.05, 0) is 19.1 Å². The van der Waals surface area contributed by atoms with Crippen LogP contribution in [0.3, 0.4) is 0 Å². The van der Waals surface area contributed by atoms with Gasteiger partial charge in [0.25, 0.3) is 15.7 Å². The van der Waals surface area contributed by atoms with Crippen molar-refractivity contribution in [2.75, 3.05) is 17.1 Å². The van der Waals surface area contributed by atoms with E-state index < -0.39 is 25.5 Å². The Morgan fingerprint density at radius 1 is 1.33 bits per heavy atom. The van der Waals surface area contributed by atoms with Gasteiger partial charge in [0.2, 0.25) is 5.88 Å². The molecule has 0 aliphatic carbocycles. The van der Waals surface area contributed by atoms with Gasteiger partial charge < -0.3 is 9.84 Å². The molecule has 0 unspecified atom stereocenters. The van der Waals surface area contributed by atoms with Crippen molar-refractivity contribution in [3.8, 4) is 0 Å². The first kappa shape index (κ1) is 14.8. The van der Waals surface area contributed by atoms with Crippen LogP contribution in [0, 0.1) is 17.0 Å². The molecule has 0 spiro atoms. The lowest BCUT2D eigenvalue weighted by molar-refractivity contribution is -0.387. The molecule has 9 nitrogen and oxygen atoms in total. The molecule has 0 bridgehead atoms. The van der Waals surface area contributed by atoms with Gasteiger partial charge in [0.05, 0.1) is 10.6 Å². The third-order valence-corrected chi connectivity index (χ3v) is 3.97. The zero-order chi connectivity index (χ0) is 15.6. The lowest BCUT2D eigenvalue weighted by atomic mass is 10.3. The molecule has 0 amide bonds. The quantitative estimate of drug-likeness (QED) is 0.635. The maximum atomic E-state index is 12.3. The molecule has 0 fully saturated rings. The third kappa shape index (κ3) is 3.11. The molecule has 10 heteroatoms. The highest BCUT2D eigenvalue weighted by Gasteiger charge is 2.27. The number of rotatable bonds is 5.